The molecule has 0 fully saturated rings. The Balaban J connectivity index is 2.05. The topological polar surface area (TPSA) is 46.1 Å². The van der Waals surface area contributed by atoms with Crippen LogP contribution >= 0.6 is 0 Å². The molecular formula is C16H13N3O. The van der Waals surface area contributed by atoms with E-state index in [1.54, 1.807) is 30.4 Å². The number of carbonyl (C=O) groups excluding carboxylic acids is 1. The summed E-state index contributed by atoms with van der Waals surface area (Å²) in [6.45, 7) is 0. The summed E-state index contributed by atoms with van der Waals surface area (Å²) in [6.07, 6.45) is 3.39. The first-order valence-electron chi connectivity index (χ1n) is 6.30. The molecule has 0 N–H and O–H groups in total. The zero-order chi connectivity index (χ0) is 13.9. The van der Waals surface area contributed by atoms with Crippen molar-refractivity contribution in [3.63, 3.8) is 0 Å². The first kappa shape index (κ1) is 12.3. The minimum Gasteiger partial charge on any atom is -0.296 e. The molecule has 0 spiro atoms. The first-order valence-corrected chi connectivity index (χ1v) is 6.30. The van der Waals surface area contributed by atoms with E-state index >= 15 is 0 Å². The van der Waals surface area contributed by atoms with Crippen molar-refractivity contribution >= 4 is 22.6 Å². The fraction of sp³-hybridized carbons (Fsp3) is 0.0625. The van der Waals surface area contributed by atoms with E-state index in [2.05, 4.69) is 9.97 Å². The summed E-state index contributed by atoms with van der Waals surface area (Å²) in [5.41, 5.74) is 1.44. The van der Waals surface area contributed by atoms with Crippen molar-refractivity contribution in [1.29, 1.82) is 0 Å². The molecule has 20 heavy (non-hydrogen) atoms. The Labute approximate surface area is 116 Å². The summed E-state index contributed by atoms with van der Waals surface area (Å²) < 4.78 is 0. The van der Waals surface area contributed by atoms with Crippen molar-refractivity contribution < 1.29 is 4.79 Å². The lowest BCUT2D eigenvalue weighted by Gasteiger charge is -2.17. The van der Waals surface area contributed by atoms with E-state index in [9.17, 15) is 4.79 Å². The van der Waals surface area contributed by atoms with Crippen molar-refractivity contribution in [3.8, 4) is 0 Å². The van der Waals surface area contributed by atoms with Gasteiger partial charge >= 0.3 is 0 Å². The summed E-state index contributed by atoms with van der Waals surface area (Å²) >= 11 is 0. The highest BCUT2D eigenvalue weighted by molar-refractivity contribution is 6.13. The minimum absolute atomic E-state index is 0.0951. The number of hydrogen-bond acceptors (Lipinski definition) is 3. The third kappa shape index (κ3) is 2.12. The van der Waals surface area contributed by atoms with Gasteiger partial charge in [-0.1, -0.05) is 18.2 Å². The quantitative estimate of drug-likeness (QED) is 0.714. The van der Waals surface area contributed by atoms with Crippen LogP contribution in [0.25, 0.3) is 10.9 Å². The van der Waals surface area contributed by atoms with Crippen LogP contribution < -0.4 is 4.90 Å². The highest BCUT2D eigenvalue weighted by Gasteiger charge is 2.16. The van der Waals surface area contributed by atoms with E-state index in [0.29, 0.717) is 11.4 Å². The predicted octanol–water partition coefficient (Wildman–Crippen LogP) is 2.91. The molecule has 98 valence electrons. The number of amides is 1. The van der Waals surface area contributed by atoms with Gasteiger partial charge in [0.1, 0.15) is 5.82 Å². The van der Waals surface area contributed by atoms with Crippen LogP contribution in [0.2, 0.25) is 0 Å². The van der Waals surface area contributed by atoms with Crippen LogP contribution in [0.5, 0.6) is 0 Å². The van der Waals surface area contributed by atoms with E-state index < -0.39 is 0 Å². The van der Waals surface area contributed by atoms with Gasteiger partial charge < -0.3 is 0 Å². The van der Waals surface area contributed by atoms with Gasteiger partial charge in [-0.3, -0.25) is 14.7 Å². The molecule has 0 saturated heterocycles. The van der Waals surface area contributed by atoms with Gasteiger partial charge in [0.05, 0.1) is 5.52 Å². The summed E-state index contributed by atoms with van der Waals surface area (Å²) in [4.78, 5) is 22.6. The number of aromatic nitrogens is 2. The molecule has 0 aliphatic rings. The smallest absolute Gasteiger partial charge is 0.259 e. The van der Waals surface area contributed by atoms with Crippen LogP contribution in [0.4, 0.5) is 5.82 Å². The standard InChI is InChI=1S/C16H13N3O/c1-19(15-9-2-3-10-18-15)16(20)13-6-4-8-14-12(13)7-5-11-17-14/h2-11H,1H3. The molecule has 4 heteroatoms. The van der Waals surface area contributed by atoms with Gasteiger partial charge in [-0.05, 0) is 30.3 Å². The fourth-order valence-corrected chi connectivity index (χ4v) is 2.13. The Kier molecular flexibility index (Phi) is 3.13. The van der Waals surface area contributed by atoms with Crippen molar-refractivity contribution in [1.82, 2.24) is 9.97 Å². The van der Waals surface area contributed by atoms with Crippen molar-refractivity contribution in [2.24, 2.45) is 0 Å². The third-order valence-corrected chi connectivity index (χ3v) is 3.17. The number of pyridine rings is 2. The average Bonchev–Trinajstić information content (AvgIpc) is 2.54. The number of fused-ring (bicyclic) bond motifs is 1. The maximum atomic E-state index is 12.6. The first-order chi connectivity index (χ1) is 9.77. The van der Waals surface area contributed by atoms with Gasteiger partial charge in [0.2, 0.25) is 0 Å². The van der Waals surface area contributed by atoms with Gasteiger partial charge in [0.25, 0.3) is 5.91 Å². The largest absolute Gasteiger partial charge is 0.296 e. The van der Waals surface area contributed by atoms with E-state index in [1.807, 2.05) is 42.5 Å². The summed E-state index contributed by atoms with van der Waals surface area (Å²) in [5, 5.41) is 0.850. The monoisotopic (exact) mass is 263 g/mol. The number of carbonyl (C=O) groups is 1. The number of anilines is 1. The molecule has 0 aliphatic heterocycles. The normalized spacial score (nSPS) is 10.4. The maximum Gasteiger partial charge on any atom is 0.259 e. The molecule has 4 nitrogen and oxygen atoms in total. The van der Waals surface area contributed by atoms with Crippen LogP contribution in [0, 0.1) is 0 Å². The van der Waals surface area contributed by atoms with E-state index in [4.69, 9.17) is 0 Å². The number of rotatable bonds is 2. The molecule has 1 aromatic carbocycles. The second kappa shape index (κ2) is 5.09. The van der Waals surface area contributed by atoms with Crippen molar-refractivity contribution in [2.75, 3.05) is 11.9 Å². The lowest BCUT2D eigenvalue weighted by molar-refractivity contribution is 0.0994. The van der Waals surface area contributed by atoms with Crippen LogP contribution in [0.15, 0.2) is 60.9 Å². The van der Waals surface area contributed by atoms with Crippen LogP contribution in [0.1, 0.15) is 10.4 Å². The van der Waals surface area contributed by atoms with Gasteiger partial charge in [-0.2, -0.15) is 0 Å². The molecule has 0 unspecified atom stereocenters. The second-order valence-electron chi connectivity index (χ2n) is 4.43. The van der Waals surface area contributed by atoms with E-state index in [1.165, 1.54) is 0 Å². The number of hydrogen-bond donors (Lipinski definition) is 0. The maximum absolute atomic E-state index is 12.6. The number of benzene rings is 1. The Hall–Kier alpha value is -2.75. The van der Waals surface area contributed by atoms with E-state index in [-0.39, 0.29) is 5.91 Å². The summed E-state index contributed by atoms with van der Waals surface area (Å²) in [5.74, 6) is 0.528. The van der Waals surface area contributed by atoms with Crippen molar-refractivity contribution in [3.05, 3.63) is 66.5 Å². The van der Waals surface area contributed by atoms with Gasteiger partial charge in [-0.15, -0.1) is 0 Å². The van der Waals surface area contributed by atoms with Gasteiger partial charge in [0.15, 0.2) is 0 Å². The highest BCUT2D eigenvalue weighted by atomic mass is 16.2. The summed E-state index contributed by atoms with van der Waals surface area (Å²) in [7, 11) is 1.72. The molecule has 0 aliphatic carbocycles. The Morgan fingerprint density at radius 3 is 2.60 bits per heavy atom. The molecular weight excluding hydrogens is 250 g/mol. The molecule has 2 aromatic heterocycles. The van der Waals surface area contributed by atoms with Crippen LogP contribution in [0.3, 0.4) is 0 Å². The highest BCUT2D eigenvalue weighted by Crippen LogP contribution is 2.19. The Bertz CT molecular complexity index is 751. The average molecular weight is 263 g/mol. The molecule has 3 rings (SSSR count). The van der Waals surface area contributed by atoms with Crippen molar-refractivity contribution in [2.45, 2.75) is 0 Å². The zero-order valence-electron chi connectivity index (χ0n) is 11.0. The lowest BCUT2D eigenvalue weighted by Crippen LogP contribution is -2.27. The second-order valence-corrected chi connectivity index (χ2v) is 4.43. The molecule has 1 amide bonds. The predicted molar refractivity (Wildman–Crippen MR) is 78.7 cm³/mol. The molecule has 3 aromatic rings. The molecule has 0 saturated carbocycles. The minimum atomic E-state index is -0.0951. The molecule has 0 atom stereocenters. The summed E-state index contributed by atoms with van der Waals surface area (Å²) in [6, 6.07) is 14.8. The van der Waals surface area contributed by atoms with Crippen LogP contribution in [-0.2, 0) is 0 Å². The molecule has 2 heterocycles. The number of nitrogens with zero attached hydrogens (tertiary/aromatic N) is 3. The van der Waals surface area contributed by atoms with Gasteiger partial charge in [-0.25, -0.2) is 4.98 Å². The van der Waals surface area contributed by atoms with E-state index in [0.717, 1.165) is 10.9 Å². The zero-order valence-corrected chi connectivity index (χ0v) is 11.0. The van der Waals surface area contributed by atoms with Crippen LogP contribution in [-0.4, -0.2) is 22.9 Å². The Morgan fingerprint density at radius 1 is 0.950 bits per heavy atom. The fourth-order valence-electron chi connectivity index (χ4n) is 2.13. The molecule has 0 bridgehead atoms. The Morgan fingerprint density at radius 2 is 1.80 bits per heavy atom. The SMILES string of the molecule is CN(C(=O)c1cccc2ncccc12)c1ccccn1. The third-order valence-electron chi connectivity index (χ3n) is 3.17. The molecule has 0 radical (unpaired) electrons. The lowest BCUT2D eigenvalue weighted by atomic mass is 10.1. The van der Waals surface area contributed by atoms with Gasteiger partial charge in [0, 0.05) is 30.4 Å².